The van der Waals surface area contributed by atoms with Gasteiger partial charge in [0.25, 0.3) is 11.8 Å². The average molecular weight is 551 g/mol. The number of thiocarbonyl (C=S) groups is 1. The first-order chi connectivity index (χ1) is 17.8. The van der Waals surface area contributed by atoms with Crippen molar-refractivity contribution in [3.05, 3.63) is 111 Å². The molecular weight excluding hydrogens is 534 g/mol. The number of nitrogens with one attached hydrogen (secondary N) is 1. The zero-order valence-electron chi connectivity index (χ0n) is 19.0. The Morgan fingerprint density at radius 3 is 2.38 bits per heavy atom. The number of hydrogen-bond acceptors (Lipinski definition) is 4. The molecule has 0 spiro atoms. The minimum atomic E-state index is -0.776. The van der Waals surface area contributed by atoms with Gasteiger partial charge in [0.2, 0.25) is 0 Å². The highest BCUT2D eigenvalue weighted by Crippen LogP contribution is 2.36. The van der Waals surface area contributed by atoms with Crippen LogP contribution in [0, 0.1) is 5.82 Å². The van der Waals surface area contributed by atoms with Crippen molar-refractivity contribution in [3.8, 4) is 5.75 Å². The van der Waals surface area contributed by atoms with Crippen molar-refractivity contribution >= 4 is 74.9 Å². The fourth-order valence-electron chi connectivity index (χ4n) is 4.04. The number of para-hydroxylation sites is 1. The molecule has 37 heavy (non-hydrogen) atoms. The van der Waals surface area contributed by atoms with Crippen LogP contribution in [0.25, 0.3) is 16.8 Å². The molecule has 0 unspecified atom stereocenters. The molecular formula is C28H17Cl2FN2O3S. The third-order valence-corrected chi connectivity index (χ3v) is 6.62. The SMILES string of the molecule is O=C1NC(=S)N(c2ccccc2F)C(=O)/C1=C/c1cc(Cl)c(OCc2cccc3ccccc23)c(Cl)c1. The lowest BCUT2D eigenvalue weighted by atomic mass is 10.1. The maximum Gasteiger partial charge on any atom is 0.270 e. The zero-order valence-corrected chi connectivity index (χ0v) is 21.3. The zero-order chi connectivity index (χ0) is 26.1. The van der Waals surface area contributed by atoms with Gasteiger partial charge in [-0.3, -0.25) is 14.9 Å². The highest BCUT2D eigenvalue weighted by molar-refractivity contribution is 7.80. The first-order valence-electron chi connectivity index (χ1n) is 11.1. The monoisotopic (exact) mass is 550 g/mol. The van der Waals surface area contributed by atoms with E-state index in [-0.39, 0.29) is 38.8 Å². The van der Waals surface area contributed by atoms with E-state index in [1.165, 1.54) is 36.4 Å². The van der Waals surface area contributed by atoms with E-state index in [2.05, 4.69) is 5.32 Å². The van der Waals surface area contributed by atoms with E-state index >= 15 is 0 Å². The molecule has 4 aromatic carbocycles. The van der Waals surface area contributed by atoms with Crippen LogP contribution < -0.4 is 15.0 Å². The van der Waals surface area contributed by atoms with Gasteiger partial charge in [-0.25, -0.2) is 9.29 Å². The maximum absolute atomic E-state index is 14.4. The Kier molecular flexibility index (Phi) is 6.93. The van der Waals surface area contributed by atoms with Gasteiger partial charge in [-0.1, -0.05) is 77.8 Å². The second kappa shape index (κ2) is 10.3. The lowest BCUT2D eigenvalue weighted by molar-refractivity contribution is -0.122. The van der Waals surface area contributed by atoms with Gasteiger partial charge in [0, 0.05) is 0 Å². The summed E-state index contributed by atoms with van der Waals surface area (Å²) in [5.74, 6) is -1.88. The van der Waals surface area contributed by atoms with E-state index in [0.717, 1.165) is 21.2 Å². The molecule has 5 rings (SSSR count). The van der Waals surface area contributed by atoms with E-state index < -0.39 is 17.6 Å². The van der Waals surface area contributed by atoms with E-state index in [0.29, 0.717) is 5.56 Å². The van der Waals surface area contributed by atoms with Crippen molar-refractivity contribution in [2.45, 2.75) is 6.61 Å². The number of benzene rings is 4. The second-order valence-corrected chi connectivity index (χ2v) is 9.35. The summed E-state index contributed by atoms with van der Waals surface area (Å²) in [6, 6.07) is 22.6. The van der Waals surface area contributed by atoms with Crippen molar-refractivity contribution in [2.24, 2.45) is 0 Å². The second-order valence-electron chi connectivity index (χ2n) is 8.15. The van der Waals surface area contributed by atoms with Crippen LogP contribution >= 0.6 is 35.4 Å². The smallest absolute Gasteiger partial charge is 0.270 e. The predicted molar refractivity (Wildman–Crippen MR) is 147 cm³/mol. The topological polar surface area (TPSA) is 58.6 Å². The van der Waals surface area contributed by atoms with Crippen LogP contribution in [-0.2, 0) is 16.2 Å². The fraction of sp³-hybridized carbons (Fsp3) is 0.0357. The first kappa shape index (κ1) is 24.9. The molecule has 5 nitrogen and oxygen atoms in total. The molecule has 2 amide bonds. The molecule has 184 valence electrons. The minimum absolute atomic E-state index is 0.0725. The molecule has 1 fully saturated rings. The van der Waals surface area contributed by atoms with Crippen molar-refractivity contribution in [1.29, 1.82) is 0 Å². The summed E-state index contributed by atoms with van der Waals surface area (Å²) >= 11 is 18.1. The standard InChI is InChI=1S/C28H17Cl2FN2O3S/c29-21-13-16(12-20-26(34)32-28(37)33(27(20)35)24-11-4-3-10-23(24)31)14-22(30)25(21)36-15-18-8-5-7-17-6-1-2-9-19(17)18/h1-14H,15H2,(H,32,34,37)/b20-12+. The Morgan fingerprint density at radius 1 is 0.946 bits per heavy atom. The Morgan fingerprint density at radius 2 is 1.62 bits per heavy atom. The molecule has 1 N–H and O–H groups in total. The number of ether oxygens (including phenoxy) is 1. The van der Waals surface area contributed by atoms with Gasteiger partial charge in [0.15, 0.2) is 10.9 Å². The van der Waals surface area contributed by atoms with Crippen LogP contribution in [-0.4, -0.2) is 16.9 Å². The van der Waals surface area contributed by atoms with E-state index in [1.807, 2.05) is 42.5 Å². The maximum atomic E-state index is 14.4. The third kappa shape index (κ3) is 4.93. The van der Waals surface area contributed by atoms with Crippen molar-refractivity contribution < 1.29 is 18.7 Å². The van der Waals surface area contributed by atoms with Gasteiger partial charge in [0.1, 0.15) is 18.0 Å². The van der Waals surface area contributed by atoms with Crippen LogP contribution in [0.3, 0.4) is 0 Å². The number of anilines is 1. The number of halogens is 3. The number of amides is 2. The Hall–Kier alpha value is -3.78. The fourth-order valence-corrected chi connectivity index (χ4v) is 4.93. The molecule has 9 heteroatoms. The summed E-state index contributed by atoms with van der Waals surface area (Å²) in [4.78, 5) is 26.7. The lowest BCUT2D eigenvalue weighted by Crippen LogP contribution is -2.54. The molecule has 0 bridgehead atoms. The number of nitrogens with zero attached hydrogens (tertiary/aromatic N) is 1. The van der Waals surface area contributed by atoms with Gasteiger partial charge in [-0.15, -0.1) is 0 Å². The summed E-state index contributed by atoms with van der Waals surface area (Å²) in [5.41, 5.74) is 1.02. The third-order valence-electron chi connectivity index (χ3n) is 5.78. The Labute approximate surface area is 227 Å². The first-order valence-corrected chi connectivity index (χ1v) is 12.2. The molecule has 1 aliphatic heterocycles. The van der Waals surface area contributed by atoms with Crippen LogP contribution in [0.1, 0.15) is 11.1 Å². The number of rotatable bonds is 5. The molecule has 1 saturated heterocycles. The Balaban J connectivity index is 1.43. The van der Waals surface area contributed by atoms with Crippen molar-refractivity contribution in [1.82, 2.24) is 5.32 Å². The van der Waals surface area contributed by atoms with Crippen molar-refractivity contribution in [3.63, 3.8) is 0 Å². The Bertz CT molecular complexity index is 1590. The highest BCUT2D eigenvalue weighted by atomic mass is 35.5. The predicted octanol–water partition coefficient (Wildman–Crippen LogP) is 6.70. The quantitative estimate of drug-likeness (QED) is 0.171. The van der Waals surface area contributed by atoms with Crippen LogP contribution in [0.5, 0.6) is 5.75 Å². The molecule has 0 atom stereocenters. The van der Waals surface area contributed by atoms with Crippen LogP contribution in [0.2, 0.25) is 10.0 Å². The summed E-state index contributed by atoms with van der Waals surface area (Å²) in [6.45, 7) is 0.233. The molecule has 0 aromatic heterocycles. The number of carbonyl (C=O) groups excluding carboxylic acids is 2. The molecule has 0 saturated carbocycles. The normalized spacial score (nSPS) is 14.8. The van der Waals surface area contributed by atoms with E-state index in [4.69, 9.17) is 40.2 Å². The largest absolute Gasteiger partial charge is 0.486 e. The van der Waals surface area contributed by atoms with E-state index in [9.17, 15) is 14.0 Å². The van der Waals surface area contributed by atoms with Crippen LogP contribution in [0.15, 0.2) is 84.4 Å². The minimum Gasteiger partial charge on any atom is -0.486 e. The summed E-state index contributed by atoms with van der Waals surface area (Å²) in [5, 5.41) is 4.74. The number of fused-ring (bicyclic) bond motifs is 1. The molecule has 4 aromatic rings. The summed E-state index contributed by atoms with van der Waals surface area (Å²) < 4.78 is 20.3. The van der Waals surface area contributed by atoms with Gasteiger partial charge >= 0.3 is 0 Å². The van der Waals surface area contributed by atoms with E-state index in [1.54, 1.807) is 6.07 Å². The van der Waals surface area contributed by atoms with Gasteiger partial charge in [-0.2, -0.15) is 0 Å². The van der Waals surface area contributed by atoms with Gasteiger partial charge in [0.05, 0.1) is 15.7 Å². The van der Waals surface area contributed by atoms with Gasteiger partial charge in [-0.05, 0) is 64.5 Å². The summed E-state index contributed by atoms with van der Waals surface area (Å²) in [7, 11) is 0. The summed E-state index contributed by atoms with van der Waals surface area (Å²) in [6.07, 6.45) is 1.32. The molecule has 1 aliphatic rings. The molecule has 0 aliphatic carbocycles. The number of carbonyl (C=O) groups is 2. The van der Waals surface area contributed by atoms with Crippen LogP contribution in [0.4, 0.5) is 10.1 Å². The average Bonchev–Trinajstić information content (AvgIpc) is 2.87. The molecule has 0 radical (unpaired) electrons. The van der Waals surface area contributed by atoms with Crippen molar-refractivity contribution in [2.75, 3.05) is 4.90 Å². The number of hydrogen-bond donors (Lipinski definition) is 1. The lowest BCUT2D eigenvalue weighted by Gasteiger charge is -2.29. The van der Waals surface area contributed by atoms with Gasteiger partial charge < -0.3 is 4.74 Å². The molecule has 1 heterocycles. The highest BCUT2D eigenvalue weighted by Gasteiger charge is 2.35.